The number of fused-ring (bicyclic) bond motifs is 1. The maximum Gasteiger partial charge on any atom is 0.123 e. The molecule has 0 saturated carbocycles. The van der Waals surface area contributed by atoms with Gasteiger partial charge in [0, 0.05) is 28.9 Å². The number of halogens is 1. The highest BCUT2D eigenvalue weighted by molar-refractivity contribution is 5.88. The number of imidazole rings is 2. The number of aromatic nitrogens is 6. The van der Waals surface area contributed by atoms with Crippen LogP contribution in [0.4, 0.5) is 0 Å². The van der Waals surface area contributed by atoms with Gasteiger partial charge >= 0.3 is 0 Å². The van der Waals surface area contributed by atoms with Crippen molar-refractivity contribution in [2.75, 3.05) is 13.1 Å². The van der Waals surface area contributed by atoms with Crippen molar-refractivity contribution >= 4 is 23.2 Å². The molecule has 9 heteroatoms. The van der Waals surface area contributed by atoms with Crippen molar-refractivity contribution in [3.8, 4) is 33.9 Å². The quantitative estimate of drug-likeness (QED) is 0.253. The van der Waals surface area contributed by atoms with E-state index in [1.807, 2.05) is 30.9 Å². The monoisotopic (exact) mass is 512 g/mol. The molecule has 5 aromatic rings. The van der Waals surface area contributed by atoms with Gasteiger partial charge in [-0.1, -0.05) is 12.1 Å². The Hall–Kier alpha value is -3.59. The van der Waals surface area contributed by atoms with E-state index in [0.29, 0.717) is 12.1 Å². The van der Waals surface area contributed by atoms with Crippen LogP contribution < -0.4 is 10.6 Å². The molecule has 1 aromatic carbocycles. The Morgan fingerprint density at radius 1 is 0.595 bits per heavy atom. The van der Waals surface area contributed by atoms with E-state index in [2.05, 4.69) is 60.9 Å². The molecule has 0 amide bonds. The van der Waals surface area contributed by atoms with Crippen molar-refractivity contribution in [3.05, 3.63) is 72.8 Å². The highest BCUT2D eigenvalue weighted by Crippen LogP contribution is 2.29. The van der Waals surface area contributed by atoms with Crippen molar-refractivity contribution in [3.63, 3.8) is 0 Å². The molecule has 2 fully saturated rings. The van der Waals surface area contributed by atoms with E-state index >= 15 is 0 Å². The van der Waals surface area contributed by atoms with Crippen LogP contribution in [0.3, 0.4) is 0 Å². The standard InChI is InChI=1S/C28H28N8.ClH/c1-3-22(29-9-1)27-33-15-25(35-27)18-6-5-17-12-24(32-14-20(17)11-18)21-8-7-19(13-31-21)26-16-34-28(36-26)23-4-2-10-30-23;/h5-8,11-16,22-23,29-30H,1-4,9-10H2,(H,33,35)(H,34,36);1H/t22-,23-;/m0./s1. The van der Waals surface area contributed by atoms with Crippen molar-refractivity contribution in [1.29, 1.82) is 0 Å². The lowest BCUT2D eigenvalue weighted by Gasteiger charge is -2.07. The Bertz CT molecular complexity index is 1510. The summed E-state index contributed by atoms with van der Waals surface area (Å²) < 4.78 is 0. The van der Waals surface area contributed by atoms with E-state index in [0.717, 1.165) is 82.3 Å². The average molecular weight is 513 g/mol. The summed E-state index contributed by atoms with van der Waals surface area (Å²) >= 11 is 0. The van der Waals surface area contributed by atoms with Crippen molar-refractivity contribution in [1.82, 2.24) is 40.5 Å². The zero-order valence-corrected chi connectivity index (χ0v) is 21.2. The van der Waals surface area contributed by atoms with Crippen LogP contribution in [0, 0.1) is 0 Å². The summed E-state index contributed by atoms with van der Waals surface area (Å²) in [6.45, 7) is 2.11. The first-order valence-corrected chi connectivity index (χ1v) is 12.7. The van der Waals surface area contributed by atoms with Crippen LogP contribution in [0.25, 0.3) is 44.7 Å². The van der Waals surface area contributed by atoms with Gasteiger partial charge in [-0.05, 0) is 68.4 Å². The van der Waals surface area contributed by atoms with Gasteiger partial charge in [0.15, 0.2) is 0 Å². The first kappa shape index (κ1) is 23.8. The molecule has 8 nitrogen and oxygen atoms in total. The van der Waals surface area contributed by atoms with Crippen LogP contribution in [-0.4, -0.2) is 43.0 Å². The molecule has 6 heterocycles. The minimum absolute atomic E-state index is 0. The van der Waals surface area contributed by atoms with Crippen LogP contribution in [0.2, 0.25) is 0 Å². The predicted molar refractivity (Wildman–Crippen MR) is 147 cm³/mol. The molecule has 2 atom stereocenters. The number of nitrogens with one attached hydrogen (secondary N) is 4. The van der Waals surface area contributed by atoms with Gasteiger partial charge in [0.2, 0.25) is 0 Å². The summed E-state index contributed by atoms with van der Waals surface area (Å²) in [5.41, 5.74) is 5.87. The molecule has 0 aliphatic carbocycles. The fourth-order valence-corrected chi connectivity index (χ4v) is 5.31. The van der Waals surface area contributed by atoms with Crippen molar-refractivity contribution < 1.29 is 0 Å². The third-order valence-corrected chi connectivity index (χ3v) is 7.34. The van der Waals surface area contributed by atoms with Crippen LogP contribution in [0.5, 0.6) is 0 Å². The molecule has 7 rings (SSSR count). The fourth-order valence-electron chi connectivity index (χ4n) is 5.31. The second-order valence-electron chi connectivity index (χ2n) is 9.73. The maximum atomic E-state index is 4.71. The lowest BCUT2D eigenvalue weighted by Crippen LogP contribution is -2.14. The Morgan fingerprint density at radius 2 is 1.24 bits per heavy atom. The van der Waals surface area contributed by atoms with Gasteiger partial charge in [-0.2, -0.15) is 0 Å². The van der Waals surface area contributed by atoms with Gasteiger partial charge in [-0.15, -0.1) is 12.4 Å². The van der Waals surface area contributed by atoms with Gasteiger partial charge in [-0.3, -0.25) is 9.97 Å². The van der Waals surface area contributed by atoms with Gasteiger partial charge in [0.1, 0.15) is 11.6 Å². The Morgan fingerprint density at radius 3 is 1.86 bits per heavy atom. The molecular weight excluding hydrogens is 484 g/mol. The maximum absolute atomic E-state index is 4.71. The summed E-state index contributed by atoms with van der Waals surface area (Å²) in [4.78, 5) is 25.5. The summed E-state index contributed by atoms with van der Waals surface area (Å²) in [7, 11) is 0. The van der Waals surface area contributed by atoms with E-state index in [1.54, 1.807) is 0 Å². The van der Waals surface area contributed by atoms with E-state index in [1.165, 1.54) is 12.8 Å². The molecule has 0 bridgehead atoms. The average Bonchev–Trinajstić information content (AvgIpc) is 3.75. The zero-order chi connectivity index (χ0) is 23.9. The normalized spacial score (nSPS) is 19.4. The van der Waals surface area contributed by atoms with Gasteiger partial charge < -0.3 is 20.6 Å². The summed E-state index contributed by atoms with van der Waals surface area (Å²) in [5, 5.41) is 9.20. The van der Waals surface area contributed by atoms with Crippen LogP contribution in [-0.2, 0) is 0 Å². The molecular formula is C28H29ClN8. The third-order valence-electron chi connectivity index (χ3n) is 7.34. The lowest BCUT2D eigenvalue weighted by atomic mass is 10.1. The number of hydrogen-bond acceptors (Lipinski definition) is 6. The fraction of sp³-hybridized carbons (Fsp3) is 0.286. The second-order valence-corrected chi connectivity index (χ2v) is 9.73. The second kappa shape index (κ2) is 10.0. The van der Waals surface area contributed by atoms with Crippen molar-refractivity contribution in [2.45, 2.75) is 37.8 Å². The Balaban J connectivity index is 0.00000252. The number of nitrogens with zero attached hydrogens (tertiary/aromatic N) is 4. The first-order chi connectivity index (χ1) is 17.8. The number of aromatic amines is 2. The van der Waals surface area contributed by atoms with E-state index in [4.69, 9.17) is 9.97 Å². The molecule has 4 aromatic heterocycles. The summed E-state index contributed by atoms with van der Waals surface area (Å²) in [5.74, 6) is 2.02. The topological polar surface area (TPSA) is 107 Å². The SMILES string of the molecule is Cl.c1cc(-c2cc3ccc(-c4cnc([C@@H]5CCCN5)[nH]4)cc3cn2)ncc1-c1cnc([C@@H]2CCCN2)[nH]1. The number of rotatable bonds is 5. The van der Waals surface area contributed by atoms with Crippen LogP contribution in [0.15, 0.2) is 61.2 Å². The number of pyridine rings is 2. The van der Waals surface area contributed by atoms with E-state index in [-0.39, 0.29) is 12.4 Å². The van der Waals surface area contributed by atoms with Gasteiger partial charge in [0.05, 0.1) is 47.3 Å². The molecule has 37 heavy (non-hydrogen) atoms. The van der Waals surface area contributed by atoms with Crippen LogP contribution in [0.1, 0.15) is 49.4 Å². The number of H-pyrrole nitrogens is 2. The lowest BCUT2D eigenvalue weighted by molar-refractivity contribution is 0.613. The Kier molecular flexibility index (Phi) is 6.46. The minimum Gasteiger partial charge on any atom is -0.341 e. The third kappa shape index (κ3) is 4.64. The summed E-state index contributed by atoms with van der Waals surface area (Å²) in [6, 6.07) is 13.3. The van der Waals surface area contributed by atoms with E-state index < -0.39 is 0 Å². The van der Waals surface area contributed by atoms with E-state index in [9.17, 15) is 0 Å². The van der Waals surface area contributed by atoms with Gasteiger partial charge in [0.25, 0.3) is 0 Å². The molecule has 2 aliphatic rings. The number of benzene rings is 1. The minimum atomic E-state index is 0. The summed E-state index contributed by atoms with van der Waals surface area (Å²) in [6.07, 6.45) is 12.3. The largest absolute Gasteiger partial charge is 0.341 e. The Labute approximate surface area is 221 Å². The van der Waals surface area contributed by atoms with Gasteiger partial charge in [-0.25, -0.2) is 9.97 Å². The smallest absolute Gasteiger partial charge is 0.123 e. The molecule has 188 valence electrons. The van der Waals surface area contributed by atoms with Crippen molar-refractivity contribution in [2.24, 2.45) is 0 Å². The highest BCUT2D eigenvalue weighted by atomic mass is 35.5. The predicted octanol–water partition coefficient (Wildman–Crippen LogP) is 5.35. The zero-order valence-electron chi connectivity index (χ0n) is 20.4. The molecule has 0 unspecified atom stereocenters. The molecule has 2 aliphatic heterocycles. The first-order valence-electron chi connectivity index (χ1n) is 12.7. The highest BCUT2D eigenvalue weighted by Gasteiger charge is 2.20. The molecule has 2 saturated heterocycles. The molecule has 0 radical (unpaired) electrons. The molecule has 4 N–H and O–H groups in total. The molecule has 0 spiro atoms. The number of hydrogen-bond donors (Lipinski definition) is 4. The van der Waals surface area contributed by atoms with Crippen LogP contribution >= 0.6 is 12.4 Å².